The largest absolute Gasteiger partial charge is 0.494 e. The number of rotatable bonds is 5. The van der Waals surface area contributed by atoms with Gasteiger partial charge in [-0.05, 0) is 32.4 Å². The second-order valence-corrected chi connectivity index (χ2v) is 4.88. The number of carbonyl (C=O) groups is 1. The lowest BCUT2D eigenvalue weighted by Gasteiger charge is -2.22. The van der Waals surface area contributed by atoms with Crippen LogP contribution in [-0.2, 0) is 11.3 Å². The molecule has 0 radical (unpaired) electrons. The van der Waals surface area contributed by atoms with Crippen molar-refractivity contribution in [3.63, 3.8) is 0 Å². The van der Waals surface area contributed by atoms with Gasteiger partial charge in [-0.2, -0.15) is 0 Å². The van der Waals surface area contributed by atoms with Crippen molar-refractivity contribution in [2.24, 2.45) is 0 Å². The molecule has 0 bridgehead atoms. The lowest BCUT2D eigenvalue weighted by atomic mass is 10.1. The molecule has 19 heavy (non-hydrogen) atoms. The highest BCUT2D eigenvalue weighted by atomic mass is 16.5. The molecule has 1 N–H and O–H groups in total. The van der Waals surface area contributed by atoms with E-state index in [0.29, 0.717) is 13.2 Å². The number of amides is 1. The third-order valence-corrected chi connectivity index (χ3v) is 3.41. The SMILES string of the molecule is CCOc1ccccc1CN(C)C(=O)[C@H]1CCCN1. The van der Waals surface area contributed by atoms with Crippen molar-refractivity contribution in [3.05, 3.63) is 29.8 Å². The van der Waals surface area contributed by atoms with Gasteiger partial charge in [0.15, 0.2) is 0 Å². The minimum absolute atomic E-state index is 0.00995. The van der Waals surface area contributed by atoms with Crippen LogP contribution in [0.3, 0.4) is 0 Å². The third-order valence-electron chi connectivity index (χ3n) is 3.41. The molecule has 1 amide bonds. The van der Waals surface area contributed by atoms with Crippen LogP contribution in [0.5, 0.6) is 5.75 Å². The predicted molar refractivity (Wildman–Crippen MR) is 75.1 cm³/mol. The van der Waals surface area contributed by atoms with E-state index >= 15 is 0 Å². The molecule has 104 valence electrons. The number of hydrogen-bond donors (Lipinski definition) is 1. The molecule has 2 rings (SSSR count). The average molecular weight is 262 g/mol. The summed E-state index contributed by atoms with van der Waals surface area (Å²) in [5.74, 6) is 1.04. The van der Waals surface area contributed by atoms with Gasteiger partial charge in [-0.15, -0.1) is 0 Å². The van der Waals surface area contributed by atoms with Crippen LogP contribution in [0.25, 0.3) is 0 Å². The zero-order valence-electron chi connectivity index (χ0n) is 11.7. The molecule has 1 aliphatic heterocycles. The highest BCUT2D eigenvalue weighted by Gasteiger charge is 2.25. The van der Waals surface area contributed by atoms with Crippen LogP contribution in [0.15, 0.2) is 24.3 Å². The quantitative estimate of drug-likeness (QED) is 0.879. The van der Waals surface area contributed by atoms with E-state index in [1.807, 2.05) is 38.2 Å². The summed E-state index contributed by atoms with van der Waals surface area (Å²) in [5, 5.41) is 3.24. The Bertz CT molecular complexity index is 428. The Morgan fingerprint density at radius 3 is 2.95 bits per heavy atom. The molecule has 1 aromatic carbocycles. The van der Waals surface area contributed by atoms with Gasteiger partial charge in [0.05, 0.1) is 12.6 Å². The molecule has 0 spiro atoms. The van der Waals surface area contributed by atoms with E-state index in [1.165, 1.54) is 0 Å². The Hall–Kier alpha value is -1.55. The van der Waals surface area contributed by atoms with E-state index in [9.17, 15) is 4.79 Å². The molecule has 0 saturated carbocycles. The van der Waals surface area contributed by atoms with Crippen molar-refractivity contribution in [2.75, 3.05) is 20.2 Å². The first-order valence-corrected chi connectivity index (χ1v) is 6.91. The van der Waals surface area contributed by atoms with Gasteiger partial charge in [-0.25, -0.2) is 0 Å². The molecule has 1 heterocycles. The topological polar surface area (TPSA) is 41.6 Å². The Kier molecular flexibility index (Phi) is 4.80. The highest BCUT2D eigenvalue weighted by Crippen LogP contribution is 2.20. The smallest absolute Gasteiger partial charge is 0.239 e. The summed E-state index contributed by atoms with van der Waals surface area (Å²) < 4.78 is 5.59. The van der Waals surface area contributed by atoms with Crippen LogP contribution >= 0.6 is 0 Å². The number of para-hydroxylation sites is 1. The maximum absolute atomic E-state index is 12.2. The van der Waals surface area contributed by atoms with Crippen molar-refractivity contribution in [1.29, 1.82) is 0 Å². The molecule has 0 aliphatic carbocycles. The lowest BCUT2D eigenvalue weighted by Crippen LogP contribution is -2.41. The lowest BCUT2D eigenvalue weighted by molar-refractivity contribution is -0.132. The second-order valence-electron chi connectivity index (χ2n) is 4.88. The van der Waals surface area contributed by atoms with Crippen molar-refractivity contribution < 1.29 is 9.53 Å². The Morgan fingerprint density at radius 1 is 1.47 bits per heavy atom. The van der Waals surface area contributed by atoms with Gasteiger partial charge in [-0.3, -0.25) is 4.79 Å². The second kappa shape index (κ2) is 6.57. The summed E-state index contributed by atoms with van der Waals surface area (Å²) in [5.41, 5.74) is 1.05. The highest BCUT2D eigenvalue weighted by molar-refractivity contribution is 5.82. The minimum atomic E-state index is -0.00995. The van der Waals surface area contributed by atoms with Gasteiger partial charge in [0.1, 0.15) is 5.75 Å². The Morgan fingerprint density at radius 2 is 2.26 bits per heavy atom. The van der Waals surface area contributed by atoms with Gasteiger partial charge in [0.25, 0.3) is 0 Å². The molecule has 1 aliphatic rings. The number of nitrogens with zero attached hydrogens (tertiary/aromatic N) is 1. The molecule has 4 nitrogen and oxygen atoms in total. The average Bonchev–Trinajstić information content (AvgIpc) is 2.94. The van der Waals surface area contributed by atoms with Crippen molar-refractivity contribution >= 4 is 5.91 Å². The Balaban J connectivity index is 2.01. The maximum atomic E-state index is 12.2. The Labute approximate surface area is 114 Å². The zero-order valence-corrected chi connectivity index (χ0v) is 11.7. The zero-order chi connectivity index (χ0) is 13.7. The summed E-state index contributed by atoms with van der Waals surface area (Å²) >= 11 is 0. The molecule has 0 aromatic heterocycles. The van der Waals surface area contributed by atoms with E-state index in [-0.39, 0.29) is 11.9 Å². The number of likely N-dealkylation sites (N-methyl/N-ethyl adjacent to an activating group) is 1. The van der Waals surface area contributed by atoms with Gasteiger partial charge < -0.3 is 15.0 Å². The molecule has 1 fully saturated rings. The van der Waals surface area contributed by atoms with Crippen LogP contribution < -0.4 is 10.1 Å². The first-order valence-electron chi connectivity index (χ1n) is 6.91. The number of hydrogen-bond acceptors (Lipinski definition) is 3. The summed E-state index contributed by atoms with van der Waals surface area (Å²) in [7, 11) is 1.85. The monoisotopic (exact) mass is 262 g/mol. The fourth-order valence-corrected chi connectivity index (χ4v) is 2.43. The normalized spacial score (nSPS) is 18.3. The molecule has 0 unspecified atom stereocenters. The van der Waals surface area contributed by atoms with E-state index in [2.05, 4.69) is 5.32 Å². The number of ether oxygens (including phenoxy) is 1. The molecule has 1 saturated heterocycles. The molecular formula is C15H22N2O2. The number of benzene rings is 1. The van der Waals surface area contributed by atoms with Gasteiger partial charge in [0, 0.05) is 19.2 Å². The van der Waals surface area contributed by atoms with Gasteiger partial charge in [-0.1, -0.05) is 18.2 Å². The van der Waals surface area contributed by atoms with Crippen molar-refractivity contribution in [2.45, 2.75) is 32.4 Å². The molecule has 1 atom stereocenters. The predicted octanol–water partition coefficient (Wildman–Crippen LogP) is 1.80. The fourth-order valence-electron chi connectivity index (χ4n) is 2.43. The van der Waals surface area contributed by atoms with Crippen LogP contribution in [0.2, 0.25) is 0 Å². The van der Waals surface area contributed by atoms with Crippen LogP contribution in [-0.4, -0.2) is 37.0 Å². The van der Waals surface area contributed by atoms with Crippen LogP contribution in [0.4, 0.5) is 0 Å². The maximum Gasteiger partial charge on any atom is 0.239 e. The summed E-state index contributed by atoms with van der Waals surface area (Å²) in [6.07, 6.45) is 2.02. The molecule has 4 heteroatoms. The number of nitrogens with one attached hydrogen (secondary N) is 1. The first-order chi connectivity index (χ1) is 9.22. The summed E-state index contributed by atoms with van der Waals surface area (Å²) in [6.45, 7) is 4.14. The fraction of sp³-hybridized carbons (Fsp3) is 0.533. The van der Waals surface area contributed by atoms with E-state index in [1.54, 1.807) is 4.90 Å². The van der Waals surface area contributed by atoms with E-state index in [0.717, 1.165) is 30.7 Å². The standard InChI is InChI=1S/C15H22N2O2/c1-3-19-14-9-5-4-7-12(14)11-17(2)15(18)13-8-6-10-16-13/h4-5,7,9,13,16H,3,6,8,10-11H2,1-2H3/t13-/m1/s1. The minimum Gasteiger partial charge on any atom is -0.494 e. The third kappa shape index (κ3) is 3.47. The van der Waals surface area contributed by atoms with E-state index < -0.39 is 0 Å². The summed E-state index contributed by atoms with van der Waals surface area (Å²) in [4.78, 5) is 14.0. The summed E-state index contributed by atoms with van der Waals surface area (Å²) in [6, 6.07) is 7.88. The van der Waals surface area contributed by atoms with E-state index in [4.69, 9.17) is 4.74 Å². The van der Waals surface area contributed by atoms with Crippen LogP contribution in [0, 0.1) is 0 Å². The van der Waals surface area contributed by atoms with Crippen molar-refractivity contribution in [3.8, 4) is 5.75 Å². The van der Waals surface area contributed by atoms with Crippen molar-refractivity contribution in [1.82, 2.24) is 10.2 Å². The van der Waals surface area contributed by atoms with Gasteiger partial charge >= 0.3 is 0 Å². The van der Waals surface area contributed by atoms with Crippen LogP contribution in [0.1, 0.15) is 25.3 Å². The molecule has 1 aromatic rings. The molecular weight excluding hydrogens is 240 g/mol. The number of carbonyl (C=O) groups excluding carboxylic acids is 1. The van der Waals surface area contributed by atoms with Gasteiger partial charge in [0.2, 0.25) is 5.91 Å². The first kappa shape index (κ1) is 13.9.